The van der Waals surface area contributed by atoms with Crippen LogP contribution in [0.15, 0.2) is 18.5 Å². The van der Waals surface area contributed by atoms with Crippen LogP contribution in [0, 0.1) is 0 Å². The number of nitrogens with zero attached hydrogens (tertiary/aromatic N) is 2. The van der Waals surface area contributed by atoms with Crippen LogP contribution in [-0.2, 0) is 4.79 Å². The van der Waals surface area contributed by atoms with Crippen LogP contribution in [0.2, 0.25) is 0 Å². The molecule has 1 unspecified atom stereocenters. The second-order valence-corrected chi connectivity index (χ2v) is 4.22. The standard InChI is InChI=1S/C12H19N3O2/c1-9(16)4-5-12(17)14-10-8-13-7-6-11(10)15(2)3/h6-9,16H,4-5H2,1-3H3,(H,14,17). The molecule has 0 fully saturated rings. The highest BCUT2D eigenvalue weighted by molar-refractivity contribution is 5.93. The Balaban J connectivity index is 2.65. The Bertz CT molecular complexity index is 378. The van der Waals surface area contributed by atoms with Gasteiger partial charge in [-0.1, -0.05) is 0 Å². The zero-order chi connectivity index (χ0) is 12.8. The van der Waals surface area contributed by atoms with Gasteiger partial charge in [0.2, 0.25) is 5.91 Å². The molecule has 0 radical (unpaired) electrons. The zero-order valence-corrected chi connectivity index (χ0v) is 10.5. The lowest BCUT2D eigenvalue weighted by molar-refractivity contribution is -0.116. The summed E-state index contributed by atoms with van der Waals surface area (Å²) >= 11 is 0. The predicted octanol–water partition coefficient (Wildman–Crippen LogP) is 1.25. The smallest absolute Gasteiger partial charge is 0.224 e. The molecule has 1 aromatic rings. The number of amides is 1. The van der Waals surface area contributed by atoms with Gasteiger partial charge < -0.3 is 15.3 Å². The number of carbonyl (C=O) groups is 1. The van der Waals surface area contributed by atoms with E-state index in [1.807, 2.05) is 25.1 Å². The number of anilines is 2. The number of nitrogens with one attached hydrogen (secondary N) is 1. The minimum absolute atomic E-state index is 0.109. The van der Waals surface area contributed by atoms with Gasteiger partial charge in [0.15, 0.2) is 0 Å². The van der Waals surface area contributed by atoms with Crippen molar-refractivity contribution < 1.29 is 9.90 Å². The number of hydrogen-bond donors (Lipinski definition) is 2. The summed E-state index contributed by atoms with van der Waals surface area (Å²) in [5.41, 5.74) is 1.60. The molecule has 5 nitrogen and oxygen atoms in total. The van der Waals surface area contributed by atoms with Gasteiger partial charge in [-0.3, -0.25) is 9.78 Å². The minimum atomic E-state index is -0.456. The van der Waals surface area contributed by atoms with E-state index in [4.69, 9.17) is 5.11 Å². The summed E-state index contributed by atoms with van der Waals surface area (Å²) in [4.78, 5) is 17.5. The molecule has 0 aliphatic heterocycles. The van der Waals surface area contributed by atoms with E-state index in [9.17, 15) is 4.79 Å². The van der Waals surface area contributed by atoms with Gasteiger partial charge in [0.1, 0.15) is 0 Å². The molecule has 0 spiro atoms. The molecule has 0 aliphatic carbocycles. The Morgan fingerprint density at radius 2 is 2.29 bits per heavy atom. The minimum Gasteiger partial charge on any atom is -0.393 e. The van der Waals surface area contributed by atoms with Gasteiger partial charge in [0.25, 0.3) is 0 Å². The van der Waals surface area contributed by atoms with Gasteiger partial charge in [0, 0.05) is 26.7 Å². The van der Waals surface area contributed by atoms with Gasteiger partial charge in [0.05, 0.1) is 23.7 Å². The summed E-state index contributed by atoms with van der Waals surface area (Å²) in [5, 5.41) is 11.9. The molecule has 1 rings (SSSR count). The molecule has 2 N–H and O–H groups in total. The average Bonchev–Trinajstić information content (AvgIpc) is 2.27. The van der Waals surface area contributed by atoms with Crippen molar-refractivity contribution >= 4 is 17.3 Å². The fourth-order valence-corrected chi connectivity index (χ4v) is 1.43. The van der Waals surface area contributed by atoms with Gasteiger partial charge >= 0.3 is 0 Å². The maximum Gasteiger partial charge on any atom is 0.224 e. The van der Waals surface area contributed by atoms with Crippen molar-refractivity contribution in [3.05, 3.63) is 18.5 Å². The fraction of sp³-hybridized carbons (Fsp3) is 0.500. The van der Waals surface area contributed by atoms with E-state index in [0.717, 1.165) is 5.69 Å². The van der Waals surface area contributed by atoms with E-state index in [-0.39, 0.29) is 5.91 Å². The van der Waals surface area contributed by atoms with Crippen molar-refractivity contribution in [3.8, 4) is 0 Å². The van der Waals surface area contributed by atoms with Crippen LogP contribution >= 0.6 is 0 Å². The molecule has 5 heteroatoms. The summed E-state index contributed by atoms with van der Waals surface area (Å²) in [5.74, 6) is -0.109. The van der Waals surface area contributed by atoms with Crippen LogP contribution in [0.1, 0.15) is 19.8 Å². The van der Waals surface area contributed by atoms with Crippen molar-refractivity contribution in [3.63, 3.8) is 0 Å². The fourth-order valence-electron chi connectivity index (χ4n) is 1.43. The molecule has 0 saturated heterocycles. The number of carbonyl (C=O) groups excluding carboxylic acids is 1. The topological polar surface area (TPSA) is 65.5 Å². The normalized spacial score (nSPS) is 12.0. The second-order valence-electron chi connectivity index (χ2n) is 4.22. The molecule has 1 aromatic heterocycles. The highest BCUT2D eigenvalue weighted by Crippen LogP contribution is 2.22. The molecular weight excluding hydrogens is 218 g/mol. The van der Waals surface area contributed by atoms with E-state index >= 15 is 0 Å². The van der Waals surface area contributed by atoms with Gasteiger partial charge in [-0.15, -0.1) is 0 Å². The lowest BCUT2D eigenvalue weighted by Crippen LogP contribution is -2.17. The van der Waals surface area contributed by atoms with Crippen LogP contribution in [0.3, 0.4) is 0 Å². The average molecular weight is 237 g/mol. The first-order chi connectivity index (χ1) is 8.00. The van der Waals surface area contributed by atoms with Crippen molar-refractivity contribution in [2.75, 3.05) is 24.3 Å². The van der Waals surface area contributed by atoms with E-state index in [1.54, 1.807) is 19.3 Å². The number of aromatic nitrogens is 1. The highest BCUT2D eigenvalue weighted by Gasteiger charge is 2.09. The molecule has 1 heterocycles. The summed E-state index contributed by atoms with van der Waals surface area (Å²) < 4.78 is 0. The molecule has 1 atom stereocenters. The number of pyridine rings is 1. The molecule has 0 aromatic carbocycles. The summed E-state index contributed by atoms with van der Waals surface area (Å²) in [6.45, 7) is 1.67. The molecule has 0 aliphatic rings. The summed E-state index contributed by atoms with van der Waals surface area (Å²) in [6, 6.07) is 1.84. The summed E-state index contributed by atoms with van der Waals surface area (Å²) in [7, 11) is 3.81. The molecule has 0 saturated carbocycles. The first-order valence-electron chi connectivity index (χ1n) is 5.60. The summed E-state index contributed by atoms with van der Waals surface area (Å²) in [6.07, 6.45) is 3.61. The predicted molar refractivity (Wildman–Crippen MR) is 68.1 cm³/mol. The van der Waals surface area contributed by atoms with Crippen LogP contribution in [-0.4, -0.2) is 36.2 Å². The number of rotatable bonds is 5. The number of aliphatic hydroxyl groups excluding tert-OH is 1. The third-order valence-corrected chi connectivity index (χ3v) is 2.34. The Kier molecular flexibility index (Phi) is 4.90. The first kappa shape index (κ1) is 13.4. The van der Waals surface area contributed by atoms with Crippen LogP contribution in [0.5, 0.6) is 0 Å². The van der Waals surface area contributed by atoms with Gasteiger partial charge in [-0.05, 0) is 19.4 Å². The number of hydrogen-bond acceptors (Lipinski definition) is 4. The van der Waals surface area contributed by atoms with Crippen LogP contribution in [0.25, 0.3) is 0 Å². The molecule has 0 bridgehead atoms. The Morgan fingerprint density at radius 1 is 1.59 bits per heavy atom. The van der Waals surface area contributed by atoms with E-state index in [1.165, 1.54) is 0 Å². The van der Waals surface area contributed by atoms with Crippen molar-refractivity contribution in [2.24, 2.45) is 0 Å². The quantitative estimate of drug-likeness (QED) is 0.809. The van der Waals surface area contributed by atoms with Gasteiger partial charge in [-0.25, -0.2) is 0 Å². The second kappa shape index (κ2) is 6.20. The molecule has 17 heavy (non-hydrogen) atoms. The SMILES string of the molecule is CC(O)CCC(=O)Nc1cnccc1N(C)C. The number of aliphatic hydroxyl groups is 1. The van der Waals surface area contributed by atoms with Crippen LogP contribution < -0.4 is 10.2 Å². The van der Waals surface area contributed by atoms with Gasteiger partial charge in [-0.2, -0.15) is 0 Å². The Labute approximate surface area is 101 Å². The largest absolute Gasteiger partial charge is 0.393 e. The van der Waals surface area contributed by atoms with Crippen LogP contribution in [0.4, 0.5) is 11.4 Å². The lowest BCUT2D eigenvalue weighted by Gasteiger charge is -2.17. The molecular formula is C12H19N3O2. The lowest BCUT2D eigenvalue weighted by atomic mass is 10.2. The van der Waals surface area contributed by atoms with Crippen molar-refractivity contribution in [1.29, 1.82) is 0 Å². The maximum atomic E-state index is 11.6. The monoisotopic (exact) mass is 237 g/mol. The van der Waals surface area contributed by atoms with Crippen molar-refractivity contribution in [2.45, 2.75) is 25.9 Å². The van der Waals surface area contributed by atoms with E-state index in [2.05, 4.69) is 10.3 Å². The highest BCUT2D eigenvalue weighted by atomic mass is 16.3. The zero-order valence-electron chi connectivity index (χ0n) is 10.5. The third kappa shape index (κ3) is 4.40. The van der Waals surface area contributed by atoms with Crippen molar-refractivity contribution in [1.82, 2.24) is 4.98 Å². The first-order valence-corrected chi connectivity index (χ1v) is 5.60. The third-order valence-electron chi connectivity index (χ3n) is 2.34. The Hall–Kier alpha value is -1.62. The molecule has 1 amide bonds. The molecule has 94 valence electrons. The Morgan fingerprint density at radius 3 is 2.88 bits per heavy atom. The maximum absolute atomic E-state index is 11.6. The van der Waals surface area contributed by atoms with E-state index < -0.39 is 6.10 Å². The van der Waals surface area contributed by atoms with E-state index in [0.29, 0.717) is 18.5 Å².